The lowest BCUT2D eigenvalue weighted by molar-refractivity contribution is -0.385. The van der Waals surface area contributed by atoms with Crippen LogP contribution in [0.25, 0.3) is 0 Å². The predicted octanol–water partition coefficient (Wildman–Crippen LogP) is 2.86. The van der Waals surface area contributed by atoms with Crippen molar-refractivity contribution in [3.63, 3.8) is 0 Å². The zero-order valence-electron chi connectivity index (χ0n) is 17.1. The Labute approximate surface area is 189 Å². The van der Waals surface area contributed by atoms with Gasteiger partial charge in [-0.05, 0) is 18.6 Å². The van der Waals surface area contributed by atoms with E-state index >= 15 is 0 Å². The SMILES string of the molecule is NC(CCC(=O)c1cc([N+](=O)[O-])ccc1NC(=O)O)C(=O)c1cc([N+](=O)[O-])ccc1NC(=O)O. The number of carboxylic acid groups (broad SMARTS) is 2. The number of benzene rings is 2. The number of nitro benzene ring substituents is 2. The summed E-state index contributed by atoms with van der Waals surface area (Å²) in [5.74, 6) is -1.66. The number of anilines is 2. The van der Waals surface area contributed by atoms with E-state index in [1.165, 1.54) is 0 Å². The van der Waals surface area contributed by atoms with Crippen molar-refractivity contribution in [3.05, 3.63) is 67.8 Å². The fraction of sp³-hybridized carbons (Fsp3) is 0.158. The van der Waals surface area contributed by atoms with Gasteiger partial charge in [0, 0.05) is 41.8 Å². The molecule has 34 heavy (non-hydrogen) atoms. The van der Waals surface area contributed by atoms with Gasteiger partial charge in [0.1, 0.15) is 0 Å². The molecule has 15 nitrogen and oxygen atoms in total. The monoisotopic (exact) mass is 475 g/mol. The molecule has 0 aliphatic heterocycles. The second-order valence-electron chi connectivity index (χ2n) is 6.77. The van der Waals surface area contributed by atoms with Gasteiger partial charge in [0.25, 0.3) is 11.4 Å². The highest BCUT2D eigenvalue weighted by Crippen LogP contribution is 2.26. The molecule has 2 amide bonds. The van der Waals surface area contributed by atoms with Crippen molar-refractivity contribution >= 4 is 46.5 Å². The minimum Gasteiger partial charge on any atom is -0.465 e. The third-order valence-corrected chi connectivity index (χ3v) is 4.50. The van der Waals surface area contributed by atoms with Gasteiger partial charge in [-0.25, -0.2) is 9.59 Å². The van der Waals surface area contributed by atoms with E-state index in [1.807, 2.05) is 10.6 Å². The van der Waals surface area contributed by atoms with Gasteiger partial charge in [0.05, 0.1) is 27.3 Å². The van der Waals surface area contributed by atoms with Crippen molar-refractivity contribution in [2.45, 2.75) is 18.9 Å². The van der Waals surface area contributed by atoms with Crippen LogP contribution in [0.4, 0.5) is 32.3 Å². The number of nitrogens with zero attached hydrogens (tertiary/aromatic N) is 2. The van der Waals surface area contributed by atoms with Crippen LogP contribution < -0.4 is 16.4 Å². The number of amides is 2. The van der Waals surface area contributed by atoms with Gasteiger partial charge in [-0.2, -0.15) is 0 Å². The molecule has 0 bridgehead atoms. The van der Waals surface area contributed by atoms with Crippen LogP contribution in [0.5, 0.6) is 0 Å². The molecule has 2 aromatic carbocycles. The van der Waals surface area contributed by atoms with E-state index in [9.17, 15) is 39.4 Å². The molecule has 0 heterocycles. The average molecular weight is 475 g/mol. The van der Waals surface area contributed by atoms with Gasteiger partial charge >= 0.3 is 12.2 Å². The summed E-state index contributed by atoms with van der Waals surface area (Å²) in [7, 11) is 0. The number of carbonyl (C=O) groups excluding carboxylic acids is 2. The second-order valence-corrected chi connectivity index (χ2v) is 6.77. The number of nitrogens with one attached hydrogen (secondary N) is 2. The number of non-ortho nitro benzene ring substituents is 2. The van der Waals surface area contributed by atoms with E-state index in [4.69, 9.17) is 15.9 Å². The summed E-state index contributed by atoms with van der Waals surface area (Å²) in [5.41, 5.74) is 3.69. The molecule has 0 saturated carbocycles. The van der Waals surface area contributed by atoms with E-state index in [2.05, 4.69) is 0 Å². The largest absolute Gasteiger partial charge is 0.465 e. The first kappa shape index (κ1) is 25.3. The second kappa shape index (κ2) is 10.6. The number of hydrogen-bond acceptors (Lipinski definition) is 9. The summed E-state index contributed by atoms with van der Waals surface area (Å²) in [6, 6.07) is 4.34. The van der Waals surface area contributed by atoms with Gasteiger partial charge in [-0.3, -0.25) is 40.5 Å². The number of hydrogen-bond donors (Lipinski definition) is 5. The first-order chi connectivity index (χ1) is 15.9. The molecule has 0 aliphatic carbocycles. The Balaban J connectivity index is 2.27. The van der Waals surface area contributed by atoms with Crippen molar-refractivity contribution in [3.8, 4) is 0 Å². The lowest BCUT2D eigenvalue weighted by Gasteiger charge is -2.14. The van der Waals surface area contributed by atoms with Crippen LogP contribution in [0.15, 0.2) is 36.4 Å². The van der Waals surface area contributed by atoms with Crippen molar-refractivity contribution < 1.29 is 39.2 Å². The highest BCUT2D eigenvalue weighted by atomic mass is 16.6. The molecule has 0 fully saturated rings. The number of nitrogens with two attached hydrogens (primary N) is 1. The van der Waals surface area contributed by atoms with Crippen molar-refractivity contribution in [1.29, 1.82) is 0 Å². The number of carbonyl (C=O) groups is 4. The Bertz CT molecular complexity index is 1200. The van der Waals surface area contributed by atoms with Gasteiger partial charge in [0.2, 0.25) is 0 Å². The molecular weight excluding hydrogens is 458 g/mol. The summed E-state index contributed by atoms with van der Waals surface area (Å²) in [4.78, 5) is 67.7. The van der Waals surface area contributed by atoms with Crippen molar-refractivity contribution in [2.24, 2.45) is 5.73 Å². The quantitative estimate of drug-likeness (QED) is 0.190. The van der Waals surface area contributed by atoms with Crippen LogP contribution in [0.1, 0.15) is 33.6 Å². The molecule has 1 atom stereocenters. The molecule has 0 aliphatic rings. The topological polar surface area (TPSA) is 245 Å². The summed E-state index contributed by atoms with van der Waals surface area (Å²) in [6.45, 7) is 0. The molecular formula is C19H17N5O10. The normalized spacial score (nSPS) is 11.2. The lowest BCUT2D eigenvalue weighted by Crippen LogP contribution is -2.32. The lowest BCUT2D eigenvalue weighted by atomic mass is 9.96. The standard InChI is InChI=1S/C19H17N5O10/c20-13(17(26)12-8-10(24(33)34)2-5-15(12)22-19(29)30)3-6-16(25)11-7-9(23(31)32)1-4-14(11)21-18(27)28/h1-2,4-5,7-8,13,21-22H,3,6,20H2,(H,27,28)(H,29,30). The average Bonchev–Trinajstić information content (AvgIpc) is 2.76. The van der Waals surface area contributed by atoms with Crippen LogP contribution in [0.2, 0.25) is 0 Å². The Hall–Kier alpha value is -4.92. The molecule has 0 radical (unpaired) electrons. The smallest absolute Gasteiger partial charge is 0.409 e. The molecule has 0 spiro atoms. The Morgan fingerprint density at radius 1 is 0.853 bits per heavy atom. The molecule has 0 saturated heterocycles. The highest BCUT2D eigenvalue weighted by Gasteiger charge is 2.25. The summed E-state index contributed by atoms with van der Waals surface area (Å²) < 4.78 is 0. The summed E-state index contributed by atoms with van der Waals surface area (Å²) in [5, 5.41) is 43.7. The minimum atomic E-state index is -1.53. The fourth-order valence-electron chi connectivity index (χ4n) is 2.93. The number of rotatable bonds is 10. The molecule has 15 heteroatoms. The Kier molecular flexibility index (Phi) is 7.90. The molecule has 6 N–H and O–H groups in total. The molecule has 178 valence electrons. The molecule has 1 unspecified atom stereocenters. The molecule has 2 aromatic rings. The molecule has 0 aromatic heterocycles. The third-order valence-electron chi connectivity index (χ3n) is 4.50. The van der Waals surface area contributed by atoms with Gasteiger partial charge in [-0.1, -0.05) is 0 Å². The minimum absolute atomic E-state index is 0.213. The van der Waals surface area contributed by atoms with E-state index in [0.29, 0.717) is 0 Å². The number of Topliss-reactive ketones (excluding diaryl/α,β-unsaturated/α-hetero) is 2. The first-order valence-electron chi connectivity index (χ1n) is 9.30. The predicted molar refractivity (Wildman–Crippen MR) is 115 cm³/mol. The third kappa shape index (κ3) is 6.30. The van der Waals surface area contributed by atoms with Gasteiger partial charge in [0.15, 0.2) is 11.6 Å². The van der Waals surface area contributed by atoms with Crippen LogP contribution in [0.3, 0.4) is 0 Å². The Morgan fingerprint density at radius 2 is 1.29 bits per heavy atom. The maximum Gasteiger partial charge on any atom is 0.409 e. The summed E-state index contributed by atoms with van der Waals surface area (Å²) >= 11 is 0. The number of nitro groups is 2. The maximum atomic E-state index is 12.8. The van der Waals surface area contributed by atoms with E-state index in [0.717, 1.165) is 36.4 Å². The Morgan fingerprint density at radius 3 is 1.74 bits per heavy atom. The van der Waals surface area contributed by atoms with E-state index < -0.39 is 57.4 Å². The zero-order chi connectivity index (χ0) is 25.6. The maximum absolute atomic E-state index is 12.8. The van der Waals surface area contributed by atoms with Gasteiger partial charge in [-0.15, -0.1) is 0 Å². The zero-order valence-corrected chi connectivity index (χ0v) is 17.1. The van der Waals surface area contributed by atoms with E-state index in [1.54, 1.807) is 0 Å². The van der Waals surface area contributed by atoms with Crippen LogP contribution in [-0.2, 0) is 0 Å². The number of ketones is 2. The first-order valence-corrected chi connectivity index (χ1v) is 9.30. The van der Waals surface area contributed by atoms with Crippen LogP contribution in [0, 0.1) is 20.2 Å². The van der Waals surface area contributed by atoms with Crippen molar-refractivity contribution in [2.75, 3.05) is 10.6 Å². The van der Waals surface area contributed by atoms with Crippen molar-refractivity contribution in [1.82, 2.24) is 0 Å². The van der Waals surface area contributed by atoms with Crippen LogP contribution in [-0.4, -0.2) is 49.9 Å². The summed E-state index contributed by atoms with van der Waals surface area (Å²) in [6.07, 6.45) is -3.82. The fourth-order valence-corrected chi connectivity index (χ4v) is 2.93. The van der Waals surface area contributed by atoms with E-state index in [-0.39, 0.29) is 28.9 Å². The van der Waals surface area contributed by atoms with Crippen LogP contribution >= 0.6 is 0 Å². The highest BCUT2D eigenvalue weighted by molar-refractivity contribution is 6.08. The van der Waals surface area contributed by atoms with Gasteiger partial charge < -0.3 is 15.9 Å². The molecule has 2 rings (SSSR count).